The number of hydrogen-bond acceptors (Lipinski definition) is 3. The molecule has 0 aromatic rings. The standard InChI is InChI=1S/C3H3B3N3O6/c10-1(11)7-4-8(2(12)13)6-9(5-7)3(14)15/h(H,10,11)(H,12,13)(H,14,15). The van der Waals surface area contributed by atoms with Crippen LogP contribution in [0.25, 0.3) is 0 Å². The van der Waals surface area contributed by atoms with Crippen molar-refractivity contribution in [2.75, 3.05) is 0 Å². The molecular formula is C3H3B3N3O6. The zero-order chi connectivity index (χ0) is 11.6. The number of rotatable bonds is 0. The van der Waals surface area contributed by atoms with Crippen LogP contribution in [0, 0.1) is 0 Å². The molecule has 3 N–H and O–H groups in total. The van der Waals surface area contributed by atoms with Crippen molar-refractivity contribution in [1.29, 1.82) is 0 Å². The van der Waals surface area contributed by atoms with Gasteiger partial charge in [0, 0.05) is 0 Å². The Hall–Kier alpha value is -2.00. The quantitative estimate of drug-likeness (QED) is 0.419. The summed E-state index contributed by atoms with van der Waals surface area (Å²) >= 11 is 0. The lowest BCUT2D eigenvalue weighted by Gasteiger charge is -2.34. The molecule has 3 radical (unpaired) electrons. The van der Waals surface area contributed by atoms with Crippen LogP contribution in [0.4, 0.5) is 14.4 Å². The summed E-state index contributed by atoms with van der Waals surface area (Å²) in [5, 5.41) is 25.6. The van der Waals surface area contributed by atoms with Crippen molar-refractivity contribution in [3.8, 4) is 0 Å². The Morgan fingerprint density at radius 3 is 1.00 bits per heavy atom. The van der Waals surface area contributed by atoms with Crippen molar-refractivity contribution >= 4 is 40.9 Å². The van der Waals surface area contributed by atoms with Crippen LogP contribution < -0.4 is 0 Å². The SMILES string of the molecule is O=C(O)N1[B]N(C(=O)O)[B]N(C(=O)O)[B]1. The van der Waals surface area contributed by atoms with E-state index in [4.69, 9.17) is 15.3 Å². The Kier molecular flexibility index (Phi) is 2.97. The molecule has 9 nitrogen and oxygen atoms in total. The number of carboxylic acid groups (broad SMARTS) is 3. The first kappa shape index (κ1) is 11.1. The van der Waals surface area contributed by atoms with Gasteiger partial charge in [0.1, 0.15) is 0 Å². The van der Waals surface area contributed by atoms with Gasteiger partial charge in [-0.05, 0) is 0 Å². The maximum atomic E-state index is 10.5. The summed E-state index contributed by atoms with van der Waals surface area (Å²) in [6.07, 6.45) is -4.50. The van der Waals surface area contributed by atoms with Crippen LogP contribution in [-0.2, 0) is 0 Å². The summed E-state index contributed by atoms with van der Waals surface area (Å²) in [6, 6.07) is 0. The fourth-order valence-corrected chi connectivity index (χ4v) is 0.788. The van der Waals surface area contributed by atoms with E-state index in [9.17, 15) is 14.4 Å². The second kappa shape index (κ2) is 4.03. The largest absolute Gasteiger partial charge is 0.467 e. The molecule has 12 heteroatoms. The normalized spacial score (nSPS) is 14.8. The van der Waals surface area contributed by atoms with E-state index in [1.54, 1.807) is 0 Å². The zero-order valence-electron chi connectivity index (χ0n) is 7.14. The van der Waals surface area contributed by atoms with Crippen molar-refractivity contribution in [2.24, 2.45) is 0 Å². The number of hydrogen-bond donors (Lipinski definition) is 3. The van der Waals surface area contributed by atoms with Crippen LogP contribution in [0.1, 0.15) is 0 Å². The van der Waals surface area contributed by atoms with Crippen LogP contribution >= 0.6 is 0 Å². The fourth-order valence-electron chi connectivity index (χ4n) is 0.788. The third-order valence-corrected chi connectivity index (χ3v) is 1.41. The van der Waals surface area contributed by atoms with Crippen LogP contribution in [-0.4, -0.2) is 70.4 Å². The van der Waals surface area contributed by atoms with E-state index in [-0.39, 0.29) is 0 Å². The van der Waals surface area contributed by atoms with E-state index in [2.05, 4.69) is 0 Å². The van der Waals surface area contributed by atoms with Crippen molar-refractivity contribution in [1.82, 2.24) is 14.2 Å². The predicted octanol–water partition coefficient (Wildman–Crippen LogP) is -1.46. The molecule has 1 heterocycles. The number of carbonyl (C=O) groups is 3. The Morgan fingerprint density at radius 1 is 0.667 bits per heavy atom. The molecule has 0 aromatic carbocycles. The van der Waals surface area contributed by atoms with E-state index in [0.29, 0.717) is 36.8 Å². The molecule has 75 valence electrons. The third-order valence-electron chi connectivity index (χ3n) is 1.41. The summed E-state index contributed by atoms with van der Waals surface area (Å²) in [5.74, 6) is 0. The minimum atomic E-state index is -1.50. The highest BCUT2D eigenvalue weighted by molar-refractivity contribution is 6.72. The number of amides is 3. The molecule has 0 atom stereocenters. The maximum Gasteiger partial charge on any atom is 0.384 e. The average molecular weight is 210 g/mol. The molecule has 0 aromatic heterocycles. The van der Waals surface area contributed by atoms with Crippen LogP contribution in [0.3, 0.4) is 0 Å². The van der Waals surface area contributed by atoms with Crippen molar-refractivity contribution in [2.45, 2.75) is 0 Å². The molecule has 1 aliphatic rings. The molecule has 1 fully saturated rings. The van der Waals surface area contributed by atoms with Gasteiger partial charge in [0.05, 0.1) is 0 Å². The molecular weight excluding hydrogens is 206 g/mol. The monoisotopic (exact) mass is 210 g/mol. The second-order valence-corrected chi connectivity index (χ2v) is 2.42. The lowest BCUT2D eigenvalue weighted by molar-refractivity contribution is 0.172. The van der Waals surface area contributed by atoms with Crippen molar-refractivity contribution < 1.29 is 29.7 Å². The van der Waals surface area contributed by atoms with Gasteiger partial charge in [-0.1, -0.05) is 0 Å². The van der Waals surface area contributed by atoms with Gasteiger partial charge in [0.15, 0.2) is 0 Å². The highest BCUT2D eigenvalue weighted by Gasteiger charge is 2.36. The molecule has 0 bridgehead atoms. The Morgan fingerprint density at radius 2 is 0.867 bits per heavy atom. The topological polar surface area (TPSA) is 122 Å². The third kappa shape index (κ3) is 2.48. The first-order valence-electron chi connectivity index (χ1n) is 3.50. The van der Waals surface area contributed by atoms with E-state index in [1.165, 1.54) is 0 Å². The molecule has 0 aliphatic carbocycles. The van der Waals surface area contributed by atoms with Gasteiger partial charge in [-0.3, -0.25) is 0 Å². The Balaban J connectivity index is 2.77. The van der Waals surface area contributed by atoms with Gasteiger partial charge in [-0.25, -0.2) is 14.4 Å². The van der Waals surface area contributed by atoms with E-state index >= 15 is 0 Å². The first-order chi connectivity index (χ1) is 6.91. The lowest BCUT2D eigenvalue weighted by Crippen LogP contribution is -2.64. The minimum Gasteiger partial charge on any atom is -0.467 e. The Labute approximate surface area is 85.7 Å². The first-order valence-corrected chi connectivity index (χ1v) is 3.50. The molecule has 1 rings (SSSR count). The number of nitrogens with zero attached hydrogens (tertiary/aromatic N) is 3. The van der Waals surface area contributed by atoms with E-state index in [0.717, 1.165) is 0 Å². The van der Waals surface area contributed by atoms with Gasteiger partial charge in [0.2, 0.25) is 0 Å². The smallest absolute Gasteiger partial charge is 0.384 e. The molecule has 1 aliphatic heterocycles. The summed E-state index contributed by atoms with van der Waals surface area (Å²) in [7, 11) is 2.14. The molecule has 0 saturated carbocycles. The summed E-state index contributed by atoms with van der Waals surface area (Å²) < 4.78 is 1.21. The highest BCUT2D eigenvalue weighted by Crippen LogP contribution is 2.02. The zero-order valence-corrected chi connectivity index (χ0v) is 7.14. The van der Waals surface area contributed by atoms with Crippen LogP contribution in [0.15, 0.2) is 0 Å². The van der Waals surface area contributed by atoms with Crippen molar-refractivity contribution in [3.63, 3.8) is 0 Å². The fraction of sp³-hybridized carbons (Fsp3) is 0. The van der Waals surface area contributed by atoms with Gasteiger partial charge in [0.25, 0.3) is 0 Å². The van der Waals surface area contributed by atoms with Gasteiger partial charge >= 0.3 is 40.9 Å². The molecule has 1 saturated heterocycles. The van der Waals surface area contributed by atoms with Crippen molar-refractivity contribution in [3.05, 3.63) is 0 Å². The molecule has 0 unspecified atom stereocenters. The van der Waals surface area contributed by atoms with Gasteiger partial charge < -0.3 is 29.5 Å². The molecule has 15 heavy (non-hydrogen) atoms. The van der Waals surface area contributed by atoms with E-state index in [1.807, 2.05) is 0 Å². The molecule has 0 spiro atoms. The summed E-state index contributed by atoms with van der Waals surface area (Å²) in [4.78, 5) is 31.5. The lowest BCUT2D eigenvalue weighted by atomic mass is 9.75. The summed E-state index contributed by atoms with van der Waals surface area (Å²) in [6.45, 7) is 0. The van der Waals surface area contributed by atoms with Crippen LogP contribution in [0.5, 0.6) is 0 Å². The van der Waals surface area contributed by atoms with Gasteiger partial charge in [-0.2, -0.15) is 0 Å². The van der Waals surface area contributed by atoms with E-state index < -0.39 is 18.3 Å². The molecule has 3 amide bonds. The average Bonchev–Trinajstić information content (AvgIpc) is 2.16. The van der Waals surface area contributed by atoms with Crippen LogP contribution in [0.2, 0.25) is 0 Å². The Bertz CT molecular complexity index is 258. The predicted molar refractivity (Wildman–Crippen MR) is 46.9 cm³/mol. The second-order valence-electron chi connectivity index (χ2n) is 2.42. The van der Waals surface area contributed by atoms with Gasteiger partial charge in [-0.15, -0.1) is 0 Å². The highest BCUT2D eigenvalue weighted by atomic mass is 16.4. The summed E-state index contributed by atoms with van der Waals surface area (Å²) in [5.41, 5.74) is 0. The minimum absolute atomic E-state index is 0.405. The maximum absolute atomic E-state index is 10.5.